The fourth-order valence-corrected chi connectivity index (χ4v) is 1.70. The van der Waals surface area contributed by atoms with Crippen molar-refractivity contribution >= 4 is 0 Å². The van der Waals surface area contributed by atoms with Crippen LogP contribution in [0.25, 0.3) is 0 Å². The molecule has 2 aliphatic heterocycles. The molecular weight excluding hydrogens is 130 g/mol. The molecular formula is C7H13NO2. The van der Waals surface area contributed by atoms with Crippen LogP contribution in [0.2, 0.25) is 0 Å². The van der Waals surface area contributed by atoms with E-state index in [2.05, 4.69) is 0 Å². The maximum absolute atomic E-state index is 5.87. The van der Waals surface area contributed by atoms with Gasteiger partial charge < -0.3 is 15.2 Å². The SMILES string of the molecule is NC1COCC12CCOC2. The Balaban J connectivity index is 2.11. The Labute approximate surface area is 60.5 Å². The Morgan fingerprint density at radius 3 is 2.60 bits per heavy atom. The summed E-state index contributed by atoms with van der Waals surface area (Å²) >= 11 is 0. The zero-order valence-corrected chi connectivity index (χ0v) is 6.01. The van der Waals surface area contributed by atoms with E-state index in [-0.39, 0.29) is 11.5 Å². The number of rotatable bonds is 0. The molecule has 10 heavy (non-hydrogen) atoms. The molecule has 0 amide bonds. The second-order valence-electron chi connectivity index (χ2n) is 3.29. The van der Waals surface area contributed by atoms with Gasteiger partial charge in [-0.05, 0) is 6.42 Å². The van der Waals surface area contributed by atoms with Crippen LogP contribution >= 0.6 is 0 Å². The second-order valence-corrected chi connectivity index (χ2v) is 3.29. The van der Waals surface area contributed by atoms with Gasteiger partial charge in [-0.15, -0.1) is 0 Å². The Kier molecular flexibility index (Phi) is 1.44. The minimum absolute atomic E-state index is 0.181. The van der Waals surface area contributed by atoms with Crippen molar-refractivity contribution in [2.45, 2.75) is 12.5 Å². The van der Waals surface area contributed by atoms with E-state index in [4.69, 9.17) is 15.2 Å². The largest absolute Gasteiger partial charge is 0.381 e. The van der Waals surface area contributed by atoms with Gasteiger partial charge in [0.15, 0.2) is 0 Å². The van der Waals surface area contributed by atoms with Crippen molar-refractivity contribution in [2.75, 3.05) is 26.4 Å². The highest BCUT2D eigenvalue weighted by Crippen LogP contribution is 2.35. The van der Waals surface area contributed by atoms with Gasteiger partial charge in [-0.2, -0.15) is 0 Å². The van der Waals surface area contributed by atoms with Crippen LogP contribution < -0.4 is 5.73 Å². The standard InChI is InChI=1S/C7H13NO2/c8-6-3-10-5-7(6)1-2-9-4-7/h6H,1-5,8H2. The summed E-state index contributed by atoms with van der Waals surface area (Å²) in [5, 5.41) is 0. The molecule has 0 bridgehead atoms. The minimum atomic E-state index is 0.181. The number of hydrogen-bond donors (Lipinski definition) is 1. The Morgan fingerprint density at radius 1 is 1.30 bits per heavy atom. The van der Waals surface area contributed by atoms with Gasteiger partial charge in [-0.25, -0.2) is 0 Å². The van der Waals surface area contributed by atoms with E-state index in [0.29, 0.717) is 6.61 Å². The van der Waals surface area contributed by atoms with Crippen molar-refractivity contribution in [1.29, 1.82) is 0 Å². The third-order valence-electron chi connectivity index (χ3n) is 2.61. The Bertz CT molecular complexity index is 126. The predicted molar refractivity (Wildman–Crippen MR) is 36.7 cm³/mol. The van der Waals surface area contributed by atoms with Crippen LogP contribution in [0.1, 0.15) is 6.42 Å². The van der Waals surface area contributed by atoms with Crippen molar-refractivity contribution in [3.63, 3.8) is 0 Å². The van der Waals surface area contributed by atoms with Gasteiger partial charge in [-0.3, -0.25) is 0 Å². The molecule has 3 nitrogen and oxygen atoms in total. The molecule has 0 saturated carbocycles. The minimum Gasteiger partial charge on any atom is -0.381 e. The van der Waals surface area contributed by atoms with E-state index in [0.717, 1.165) is 26.2 Å². The fraction of sp³-hybridized carbons (Fsp3) is 1.00. The topological polar surface area (TPSA) is 44.5 Å². The summed E-state index contributed by atoms with van der Waals surface area (Å²) in [4.78, 5) is 0. The van der Waals surface area contributed by atoms with Crippen molar-refractivity contribution < 1.29 is 9.47 Å². The molecule has 2 aliphatic rings. The highest BCUT2D eigenvalue weighted by Gasteiger charge is 2.44. The first kappa shape index (κ1) is 6.58. The van der Waals surface area contributed by atoms with Crippen LogP contribution in [0.5, 0.6) is 0 Å². The average Bonchev–Trinajstić information content (AvgIpc) is 2.48. The third-order valence-corrected chi connectivity index (χ3v) is 2.61. The van der Waals surface area contributed by atoms with Gasteiger partial charge in [-0.1, -0.05) is 0 Å². The highest BCUT2D eigenvalue weighted by atomic mass is 16.5. The van der Waals surface area contributed by atoms with Crippen LogP contribution in [0.15, 0.2) is 0 Å². The molecule has 58 valence electrons. The molecule has 2 rings (SSSR count). The summed E-state index contributed by atoms with van der Waals surface area (Å²) in [5.41, 5.74) is 6.05. The van der Waals surface area contributed by atoms with Gasteiger partial charge in [0.25, 0.3) is 0 Å². The molecule has 2 heterocycles. The summed E-state index contributed by atoms with van der Waals surface area (Å²) < 4.78 is 10.6. The molecule has 2 saturated heterocycles. The van der Waals surface area contributed by atoms with Gasteiger partial charge in [0.1, 0.15) is 0 Å². The number of nitrogens with two attached hydrogens (primary N) is 1. The van der Waals surface area contributed by atoms with Crippen molar-refractivity contribution in [3.05, 3.63) is 0 Å². The molecule has 2 atom stereocenters. The summed E-state index contributed by atoms with van der Waals surface area (Å²) in [6.45, 7) is 3.17. The Hall–Kier alpha value is -0.120. The lowest BCUT2D eigenvalue weighted by atomic mass is 9.83. The molecule has 0 aromatic heterocycles. The summed E-state index contributed by atoms with van der Waals surface area (Å²) in [6, 6.07) is 0.204. The van der Waals surface area contributed by atoms with E-state index in [1.807, 2.05) is 0 Å². The van der Waals surface area contributed by atoms with E-state index < -0.39 is 0 Å². The second kappa shape index (κ2) is 2.19. The van der Waals surface area contributed by atoms with Crippen LogP contribution in [0.4, 0.5) is 0 Å². The molecule has 2 N–H and O–H groups in total. The van der Waals surface area contributed by atoms with Gasteiger partial charge in [0, 0.05) is 18.1 Å². The van der Waals surface area contributed by atoms with Gasteiger partial charge in [0.05, 0.1) is 19.8 Å². The first-order valence-electron chi connectivity index (χ1n) is 3.75. The lowest BCUT2D eigenvalue weighted by Gasteiger charge is -2.23. The van der Waals surface area contributed by atoms with Crippen LogP contribution in [-0.2, 0) is 9.47 Å². The molecule has 2 unspecified atom stereocenters. The van der Waals surface area contributed by atoms with Crippen molar-refractivity contribution in [3.8, 4) is 0 Å². The zero-order chi connectivity index (χ0) is 7.03. The van der Waals surface area contributed by atoms with E-state index >= 15 is 0 Å². The van der Waals surface area contributed by atoms with E-state index in [1.165, 1.54) is 0 Å². The number of ether oxygens (including phenoxy) is 2. The predicted octanol–water partition coefficient (Wildman–Crippen LogP) is -0.249. The molecule has 0 aromatic carbocycles. The van der Waals surface area contributed by atoms with Crippen molar-refractivity contribution in [2.24, 2.45) is 11.1 Å². The lowest BCUT2D eigenvalue weighted by Crippen LogP contribution is -2.40. The summed E-state index contributed by atoms with van der Waals surface area (Å²) in [7, 11) is 0. The number of hydrogen-bond acceptors (Lipinski definition) is 3. The first-order valence-corrected chi connectivity index (χ1v) is 3.75. The smallest absolute Gasteiger partial charge is 0.0625 e. The highest BCUT2D eigenvalue weighted by molar-refractivity contribution is 4.95. The average molecular weight is 143 g/mol. The third kappa shape index (κ3) is 0.779. The lowest BCUT2D eigenvalue weighted by molar-refractivity contribution is 0.120. The summed E-state index contributed by atoms with van der Waals surface area (Å²) in [6.07, 6.45) is 1.08. The maximum Gasteiger partial charge on any atom is 0.0625 e. The molecule has 0 aliphatic carbocycles. The molecule has 3 heteroatoms. The van der Waals surface area contributed by atoms with Crippen LogP contribution in [-0.4, -0.2) is 32.5 Å². The Morgan fingerprint density at radius 2 is 2.10 bits per heavy atom. The zero-order valence-electron chi connectivity index (χ0n) is 6.01. The maximum atomic E-state index is 5.87. The van der Waals surface area contributed by atoms with Crippen molar-refractivity contribution in [1.82, 2.24) is 0 Å². The van der Waals surface area contributed by atoms with Crippen LogP contribution in [0.3, 0.4) is 0 Å². The fourth-order valence-electron chi connectivity index (χ4n) is 1.70. The monoisotopic (exact) mass is 143 g/mol. The van der Waals surface area contributed by atoms with Crippen LogP contribution in [0, 0.1) is 5.41 Å². The normalized spacial score (nSPS) is 47.1. The van der Waals surface area contributed by atoms with E-state index in [9.17, 15) is 0 Å². The van der Waals surface area contributed by atoms with Gasteiger partial charge in [0.2, 0.25) is 0 Å². The first-order chi connectivity index (χ1) is 4.83. The molecule has 1 spiro atoms. The van der Waals surface area contributed by atoms with E-state index in [1.54, 1.807) is 0 Å². The molecule has 2 fully saturated rings. The quantitative estimate of drug-likeness (QED) is 0.508. The summed E-state index contributed by atoms with van der Waals surface area (Å²) in [5.74, 6) is 0. The molecule has 0 aromatic rings. The van der Waals surface area contributed by atoms with Gasteiger partial charge >= 0.3 is 0 Å². The molecule has 0 radical (unpaired) electrons.